The van der Waals surface area contributed by atoms with Crippen molar-refractivity contribution >= 4 is 22.6 Å². The summed E-state index contributed by atoms with van der Waals surface area (Å²) in [6.07, 6.45) is 1.41. The van der Waals surface area contributed by atoms with Crippen LogP contribution in [0, 0.1) is 10.1 Å². The molecule has 0 aliphatic heterocycles. The normalized spacial score (nSPS) is 10.8. The highest BCUT2D eigenvalue weighted by Gasteiger charge is 2.16. The molecule has 2 aromatic carbocycles. The highest BCUT2D eigenvalue weighted by Crippen LogP contribution is 2.29. The van der Waals surface area contributed by atoms with Crippen molar-refractivity contribution in [3.63, 3.8) is 0 Å². The number of nitro benzene ring substituents is 1. The Morgan fingerprint density at radius 2 is 1.78 bits per heavy atom. The lowest BCUT2D eigenvalue weighted by Gasteiger charge is -2.09. The Labute approximate surface area is 153 Å². The van der Waals surface area contributed by atoms with Gasteiger partial charge in [0, 0.05) is 23.9 Å². The number of para-hydroxylation sites is 2. The largest absolute Gasteiger partial charge is 0.366 e. The number of nitrogens with two attached hydrogens (primary N) is 1. The minimum absolute atomic E-state index is 0.00495. The lowest BCUT2D eigenvalue weighted by molar-refractivity contribution is -0.384. The molecule has 0 unspecified atom stereocenters. The molecule has 132 valence electrons. The molecular formula is C19H13N5O3. The molecule has 0 aliphatic rings. The fourth-order valence-electron chi connectivity index (χ4n) is 2.85. The zero-order valence-electron chi connectivity index (χ0n) is 13.9. The molecule has 0 atom stereocenters. The van der Waals surface area contributed by atoms with Gasteiger partial charge < -0.3 is 5.73 Å². The second kappa shape index (κ2) is 6.34. The van der Waals surface area contributed by atoms with Crippen molar-refractivity contribution in [1.29, 1.82) is 0 Å². The maximum atomic E-state index is 11.3. The number of pyridine rings is 1. The Bertz CT molecular complexity index is 1160. The summed E-state index contributed by atoms with van der Waals surface area (Å²) < 4.78 is 1.83. The third-order valence-corrected chi connectivity index (χ3v) is 4.16. The van der Waals surface area contributed by atoms with E-state index in [9.17, 15) is 14.9 Å². The van der Waals surface area contributed by atoms with E-state index in [0.29, 0.717) is 22.8 Å². The van der Waals surface area contributed by atoms with E-state index in [1.165, 1.54) is 18.3 Å². The Morgan fingerprint density at radius 3 is 2.41 bits per heavy atom. The summed E-state index contributed by atoms with van der Waals surface area (Å²) in [5.41, 5.74) is 7.88. The van der Waals surface area contributed by atoms with Crippen molar-refractivity contribution in [3.05, 3.63) is 82.5 Å². The van der Waals surface area contributed by atoms with Crippen LogP contribution in [0.25, 0.3) is 28.2 Å². The molecule has 0 spiro atoms. The number of amides is 1. The summed E-state index contributed by atoms with van der Waals surface area (Å²) in [4.78, 5) is 30.7. The number of aromatic nitrogens is 3. The summed E-state index contributed by atoms with van der Waals surface area (Å²) in [7, 11) is 0. The summed E-state index contributed by atoms with van der Waals surface area (Å²) >= 11 is 0. The molecule has 2 heterocycles. The van der Waals surface area contributed by atoms with Crippen LogP contribution in [0.5, 0.6) is 0 Å². The molecule has 4 rings (SSSR count). The van der Waals surface area contributed by atoms with Gasteiger partial charge in [0.15, 0.2) is 0 Å². The van der Waals surface area contributed by atoms with E-state index in [0.717, 1.165) is 11.0 Å². The molecular weight excluding hydrogens is 346 g/mol. The molecule has 8 nitrogen and oxygen atoms in total. The number of fused-ring (bicyclic) bond motifs is 1. The van der Waals surface area contributed by atoms with Gasteiger partial charge in [0.05, 0.1) is 21.5 Å². The van der Waals surface area contributed by atoms with Crippen LogP contribution in [0.15, 0.2) is 66.9 Å². The number of carbonyl (C=O) groups is 1. The fraction of sp³-hybridized carbons (Fsp3) is 0. The summed E-state index contributed by atoms with van der Waals surface area (Å²) in [5, 5.41) is 10.9. The molecule has 0 saturated carbocycles. The molecule has 0 aliphatic carbocycles. The molecule has 0 fully saturated rings. The van der Waals surface area contributed by atoms with Gasteiger partial charge in [-0.3, -0.25) is 19.5 Å². The van der Waals surface area contributed by atoms with Gasteiger partial charge in [0.25, 0.3) is 5.69 Å². The first-order valence-corrected chi connectivity index (χ1v) is 8.03. The lowest BCUT2D eigenvalue weighted by Crippen LogP contribution is -2.11. The maximum absolute atomic E-state index is 11.3. The van der Waals surface area contributed by atoms with Crippen LogP contribution >= 0.6 is 0 Å². The fourth-order valence-corrected chi connectivity index (χ4v) is 2.85. The smallest absolute Gasteiger partial charge is 0.269 e. The van der Waals surface area contributed by atoms with Crippen LogP contribution in [0.1, 0.15) is 10.4 Å². The third-order valence-electron chi connectivity index (χ3n) is 4.16. The van der Waals surface area contributed by atoms with E-state index in [-0.39, 0.29) is 5.69 Å². The Balaban J connectivity index is 1.91. The van der Waals surface area contributed by atoms with Gasteiger partial charge in [0.2, 0.25) is 5.91 Å². The van der Waals surface area contributed by atoms with Crippen LogP contribution < -0.4 is 5.73 Å². The van der Waals surface area contributed by atoms with E-state index < -0.39 is 10.8 Å². The van der Waals surface area contributed by atoms with E-state index in [1.807, 2.05) is 28.8 Å². The van der Waals surface area contributed by atoms with Crippen LogP contribution in [0.2, 0.25) is 0 Å². The minimum atomic E-state index is -0.555. The zero-order chi connectivity index (χ0) is 19.0. The number of rotatable bonds is 4. The molecule has 2 aromatic heterocycles. The molecule has 1 amide bonds. The number of carbonyl (C=O) groups excluding carboxylic acids is 1. The molecule has 0 radical (unpaired) electrons. The Morgan fingerprint density at radius 1 is 1.04 bits per heavy atom. The minimum Gasteiger partial charge on any atom is -0.366 e. The quantitative estimate of drug-likeness (QED) is 0.444. The number of non-ortho nitro benzene ring substituents is 1. The highest BCUT2D eigenvalue weighted by molar-refractivity contribution is 5.92. The molecule has 0 saturated heterocycles. The van der Waals surface area contributed by atoms with Gasteiger partial charge in [-0.05, 0) is 36.4 Å². The molecule has 8 heteroatoms. The zero-order valence-corrected chi connectivity index (χ0v) is 13.9. The van der Waals surface area contributed by atoms with Gasteiger partial charge in [-0.15, -0.1) is 0 Å². The maximum Gasteiger partial charge on any atom is 0.269 e. The number of benzene rings is 2. The van der Waals surface area contributed by atoms with Crippen LogP contribution in [-0.4, -0.2) is 25.4 Å². The Kier molecular flexibility index (Phi) is 3.85. The average molecular weight is 359 g/mol. The molecule has 0 bridgehead atoms. The summed E-state index contributed by atoms with van der Waals surface area (Å²) in [5.74, 6) is 0.590. The number of nitro groups is 1. The van der Waals surface area contributed by atoms with Crippen LogP contribution in [0.3, 0.4) is 0 Å². The topological polar surface area (TPSA) is 117 Å². The van der Waals surface area contributed by atoms with Gasteiger partial charge in [-0.2, -0.15) is 0 Å². The van der Waals surface area contributed by atoms with Crippen molar-refractivity contribution in [2.45, 2.75) is 0 Å². The first-order valence-electron chi connectivity index (χ1n) is 8.03. The predicted octanol–water partition coefficient (Wildman–Crippen LogP) is 3.09. The number of nitrogens with zero attached hydrogens (tertiary/aromatic N) is 4. The number of imidazole rings is 1. The highest BCUT2D eigenvalue weighted by atomic mass is 16.6. The lowest BCUT2D eigenvalue weighted by atomic mass is 10.2. The van der Waals surface area contributed by atoms with Gasteiger partial charge in [0.1, 0.15) is 11.6 Å². The van der Waals surface area contributed by atoms with Crippen LogP contribution in [0.4, 0.5) is 5.69 Å². The molecule has 4 aromatic rings. The van der Waals surface area contributed by atoms with Crippen LogP contribution in [-0.2, 0) is 0 Å². The summed E-state index contributed by atoms with van der Waals surface area (Å²) in [6, 6.07) is 17.0. The molecule has 27 heavy (non-hydrogen) atoms. The van der Waals surface area contributed by atoms with Crippen molar-refractivity contribution in [2.24, 2.45) is 5.73 Å². The van der Waals surface area contributed by atoms with Crippen molar-refractivity contribution in [2.75, 3.05) is 0 Å². The average Bonchev–Trinajstić information content (AvgIpc) is 3.07. The third kappa shape index (κ3) is 2.89. The number of primary amides is 1. The monoisotopic (exact) mass is 359 g/mol. The standard InChI is InChI=1S/C19H13N5O3/c20-18(25)13-7-10-17(21-11-13)23-16-4-2-1-3-15(16)22-19(23)12-5-8-14(9-6-12)24(26)27/h1-11H,(H2,20,25). The van der Waals surface area contributed by atoms with E-state index in [2.05, 4.69) is 9.97 Å². The van der Waals surface area contributed by atoms with Crippen molar-refractivity contribution < 1.29 is 9.72 Å². The second-order valence-corrected chi connectivity index (χ2v) is 5.83. The first-order chi connectivity index (χ1) is 13.0. The molecule has 2 N–H and O–H groups in total. The van der Waals surface area contributed by atoms with Crippen molar-refractivity contribution in [1.82, 2.24) is 14.5 Å². The second-order valence-electron chi connectivity index (χ2n) is 5.83. The number of hydrogen-bond donors (Lipinski definition) is 1. The SMILES string of the molecule is NC(=O)c1ccc(-n2c(-c3ccc([N+](=O)[O-])cc3)nc3ccccc32)nc1. The van der Waals surface area contributed by atoms with Gasteiger partial charge in [-0.25, -0.2) is 9.97 Å². The first kappa shape index (κ1) is 16.4. The van der Waals surface area contributed by atoms with E-state index >= 15 is 0 Å². The van der Waals surface area contributed by atoms with E-state index in [1.54, 1.807) is 24.3 Å². The van der Waals surface area contributed by atoms with Gasteiger partial charge in [-0.1, -0.05) is 12.1 Å². The van der Waals surface area contributed by atoms with Crippen molar-refractivity contribution in [3.8, 4) is 17.2 Å². The van der Waals surface area contributed by atoms with Gasteiger partial charge >= 0.3 is 0 Å². The Hall–Kier alpha value is -4.07. The van der Waals surface area contributed by atoms with E-state index in [4.69, 9.17) is 5.73 Å². The summed E-state index contributed by atoms with van der Waals surface area (Å²) in [6.45, 7) is 0. The predicted molar refractivity (Wildman–Crippen MR) is 99.5 cm³/mol. The number of hydrogen-bond acceptors (Lipinski definition) is 5.